The quantitative estimate of drug-likeness (QED) is 0.655. The van der Waals surface area contributed by atoms with Crippen LogP contribution in [0, 0.1) is 0 Å². The Bertz CT molecular complexity index is 167. The first-order valence-corrected chi connectivity index (χ1v) is 3.30. The number of carbonyl (C=O) groups excluding carboxylic acids is 1. The molecular formula is C6H10F3NO2. The van der Waals surface area contributed by atoms with Crippen molar-refractivity contribution >= 4 is 5.91 Å². The highest BCUT2D eigenvalue weighted by molar-refractivity contribution is 5.80. The van der Waals surface area contributed by atoms with Crippen molar-refractivity contribution in [3.05, 3.63) is 0 Å². The van der Waals surface area contributed by atoms with Gasteiger partial charge in [-0.3, -0.25) is 4.79 Å². The normalized spacial score (nSPS) is 16.8. The van der Waals surface area contributed by atoms with Gasteiger partial charge in [-0.05, 0) is 13.8 Å². The maximum absolute atomic E-state index is 11.8. The zero-order valence-electron chi connectivity index (χ0n) is 6.64. The Morgan fingerprint density at radius 1 is 1.42 bits per heavy atom. The maximum Gasteiger partial charge on any atom is 0.408 e. The van der Waals surface area contributed by atoms with Gasteiger partial charge in [0.2, 0.25) is 5.91 Å². The zero-order valence-corrected chi connectivity index (χ0v) is 6.64. The molecule has 0 fully saturated rings. The van der Waals surface area contributed by atoms with Gasteiger partial charge in [-0.1, -0.05) is 0 Å². The Labute approximate surface area is 67.6 Å². The van der Waals surface area contributed by atoms with Crippen LogP contribution < -0.4 is 5.32 Å². The fourth-order valence-electron chi connectivity index (χ4n) is 0.416. The Kier molecular flexibility index (Phi) is 3.51. The summed E-state index contributed by atoms with van der Waals surface area (Å²) in [6, 6.07) is -1.93. The van der Waals surface area contributed by atoms with E-state index >= 15 is 0 Å². The zero-order chi connectivity index (χ0) is 9.94. The minimum Gasteiger partial charge on any atom is -0.384 e. The van der Waals surface area contributed by atoms with E-state index in [0.717, 1.165) is 13.8 Å². The van der Waals surface area contributed by atoms with E-state index in [9.17, 15) is 18.0 Å². The van der Waals surface area contributed by atoms with Crippen LogP contribution in [0.4, 0.5) is 13.2 Å². The number of hydrogen-bond donors (Lipinski definition) is 2. The van der Waals surface area contributed by atoms with Gasteiger partial charge in [0.05, 0.1) is 0 Å². The Hall–Kier alpha value is -0.780. The third-order valence-corrected chi connectivity index (χ3v) is 1.23. The average molecular weight is 185 g/mol. The van der Waals surface area contributed by atoms with Gasteiger partial charge in [-0.25, -0.2) is 0 Å². The SMILES string of the molecule is CC(NC(=O)[C@H](C)O)C(F)(F)F. The van der Waals surface area contributed by atoms with Crippen molar-refractivity contribution in [3.8, 4) is 0 Å². The van der Waals surface area contributed by atoms with E-state index < -0.39 is 24.2 Å². The summed E-state index contributed by atoms with van der Waals surface area (Å²) in [6.07, 6.45) is -5.89. The van der Waals surface area contributed by atoms with Crippen LogP contribution in [0.5, 0.6) is 0 Å². The summed E-state index contributed by atoms with van der Waals surface area (Å²) in [5.74, 6) is -1.03. The summed E-state index contributed by atoms with van der Waals surface area (Å²) in [7, 11) is 0. The van der Waals surface area contributed by atoms with E-state index in [1.165, 1.54) is 0 Å². The van der Waals surface area contributed by atoms with E-state index in [0.29, 0.717) is 0 Å². The van der Waals surface area contributed by atoms with Crippen LogP contribution >= 0.6 is 0 Å². The number of amides is 1. The average Bonchev–Trinajstić information content (AvgIpc) is 1.85. The summed E-state index contributed by atoms with van der Waals surface area (Å²) < 4.78 is 35.3. The van der Waals surface area contributed by atoms with Crippen molar-refractivity contribution in [2.24, 2.45) is 0 Å². The molecule has 0 saturated carbocycles. The second-order valence-electron chi connectivity index (χ2n) is 2.45. The topological polar surface area (TPSA) is 49.3 Å². The van der Waals surface area contributed by atoms with Crippen molar-refractivity contribution in [1.82, 2.24) is 5.32 Å². The van der Waals surface area contributed by atoms with E-state index in [1.807, 2.05) is 0 Å². The van der Waals surface area contributed by atoms with Crippen LogP contribution in [0.3, 0.4) is 0 Å². The number of hydrogen-bond acceptors (Lipinski definition) is 2. The minimum absolute atomic E-state index is 0.806. The maximum atomic E-state index is 11.8. The Balaban J connectivity index is 4.02. The molecule has 72 valence electrons. The van der Waals surface area contributed by atoms with Crippen molar-refractivity contribution in [3.63, 3.8) is 0 Å². The molecule has 12 heavy (non-hydrogen) atoms. The van der Waals surface area contributed by atoms with Crippen molar-refractivity contribution in [2.75, 3.05) is 0 Å². The van der Waals surface area contributed by atoms with Gasteiger partial charge in [0.15, 0.2) is 0 Å². The van der Waals surface area contributed by atoms with E-state index in [4.69, 9.17) is 5.11 Å². The lowest BCUT2D eigenvalue weighted by Crippen LogP contribution is -2.46. The first-order valence-electron chi connectivity index (χ1n) is 3.30. The molecule has 3 nitrogen and oxygen atoms in total. The minimum atomic E-state index is -4.47. The number of alkyl halides is 3. The predicted molar refractivity (Wildman–Crippen MR) is 35.3 cm³/mol. The highest BCUT2D eigenvalue weighted by Gasteiger charge is 2.37. The first-order chi connectivity index (χ1) is 5.25. The van der Waals surface area contributed by atoms with E-state index in [1.54, 1.807) is 5.32 Å². The molecule has 0 heterocycles. The van der Waals surface area contributed by atoms with E-state index in [-0.39, 0.29) is 0 Å². The molecule has 0 spiro atoms. The summed E-state index contributed by atoms with van der Waals surface area (Å²) in [5, 5.41) is 10.2. The second kappa shape index (κ2) is 3.75. The van der Waals surface area contributed by atoms with Crippen LogP contribution in [0.25, 0.3) is 0 Å². The molecule has 2 atom stereocenters. The standard InChI is InChI=1S/C6H10F3NO2/c1-3(11)5(12)10-4(2)6(7,8)9/h3-4,11H,1-2H3,(H,10,12)/t3-,4?/m0/s1. The fraction of sp³-hybridized carbons (Fsp3) is 0.833. The summed E-state index contributed by atoms with van der Waals surface area (Å²) in [4.78, 5) is 10.5. The lowest BCUT2D eigenvalue weighted by molar-refractivity contribution is -0.160. The van der Waals surface area contributed by atoms with Crippen LogP contribution in [0.15, 0.2) is 0 Å². The van der Waals surface area contributed by atoms with Gasteiger partial charge in [-0.15, -0.1) is 0 Å². The van der Waals surface area contributed by atoms with Gasteiger partial charge in [0.1, 0.15) is 12.1 Å². The highest BCUT2D eigenvalue weighted by atomic mass is 19.4. The van der Waals surface area contributed by atoms with Gasteiger partial charge >= 0.3 is 6.18 Å². The van der Waals surface area contributed by atoms with Crippen molar-refractivity contribution in [1.29, 1.82) is 0 Å². The molecule has 0 aliphatic carbocycles. The number of carbonyl (C=O) groups is 1. The number of aliphatic hydroxyl groups excluding tert-OH is 1. The van der Waals surface area contributed by atoms with Gasteiger partial charge in [-0.2, -0.15) is 13.2 Å². The number of rotatable bonds is 2. The molecule has 0 radical (unpaired) electrons. The number of halogens is 3. The third kappa shape index (κ3) is 3.56. The fourth-order valence-corrected chi connectivity index (χ4v) is 0.416. The van der Waals surface area contributed by atoms with Crippen LogP contribution in [0.2, 0.25) is 0 Å². The van der Waals surface area contributed by atoms with E-state index in [2.05, 4.69) is 0 Å². The van der Waals surface area contributed by atoms with Crippen molar-refractivity contribution < 1.29 is 23.1 Å². The van der Waals surface area contributed by atoms with Crippen molar-refractivity contribution in [2.45, 2.75) is 32.2 Å². The Morgan fingerprint density at radius 3 is 2.08 bits per heavy atom. The van der Waals surface area contributed by atoms with Gasteiger partial charge in [0.25, 0.3) is 0 Å². The Morgan fingerprint density at radius 2 is 1.83 bits per heavy atom. The number of nitrogens with one attached hydrogen (secondary N) is 1. The summed E-state index contributed by atoms with van der Waals surface area (Å²) in [6.45, 7) is 1.90. The van der Waals surface area contributed by atoms with Crippen LogP contribution in [0.1, 0.15) is 13.8 Å². The largest absolute Gasteiger partial charge is 0.408 e. The van der Waals surface area contributed by atoms with Gasteiger partial charge < -0.3 is 10.4 Å². The lowest BCUT2D eigenvalue weighted by atomic mass is 10.3. The third-order valence-electron chi connectivity index (χ3n) is 1.23. The highest BCUT2D eigenvalue weighted by Crippen LogP contribution is 2.19. The second-order valence-corrected chi connectivity index (χ2v) is 2.45. The molecule has 0 aromatic carbocycles. The molecule has 0 bridgehead atoms. The smallest absolute Gasteiger partial charge is 0.384 e. The number of aliphatic hydroxyl groups is 1. The molecular weight excluding hydrogens is 175 g/mol. The molecule has 2 N–H and O–H groups in total. The molecule has 0 aliphatic rings. The first kappa shape index (κ1) is 11.2. The van der Waals surface area contributed by atoms with Gasteiger partial charge in [0, 0.05) is 0 Å². The summed E-state index contributed by atoms with van der Waals surface area (Å²) >= 11 is 0. The molecule has 0 aromatic rings. The molecule has 0 aromatic heterocycles. The predicted octanol–water partition coefficient (Wildman–Crippen LogP) is 0.434. The summed E-state index contributed by atoms with van der Waals surface area (Å²) in [5.41, 5.74) is 0. The molecule has 1 unspecified atom stereocenters. The monoisotopic (exact) mass is 185 g/mol. The van der Waals surface area contributed by atoms with Crippen LogP contribution in [-0.4, -0.2) is 29.3 Å². The lowest BCUT2D eigenvalue weighted by Gasteiger charge is -2.17. The molecule has 1 amide bonds. The molecule has 6 heteroatoms. The molecule has 0 saturated heterocycles. The molecule has 0 aliphatic heterocycles. The van der Waals surface area contributed by atoms with Crippen LogP contribution in [-0.2, 0) is 4.79 Å². The molecule has 0 rings (SSSR count).